The quantitative estimate of drug-likeness (QED) is 0.179. The van der Waals surface area contributed by atoms with Gasteiger partial charge < -0.3 is 4.42 Å². The zero-order valence-corrected chi connectivity index (χ0v) is 29.6. The van der Waals surface area contributed by atoms with Gasteiger partial charge in [-0.3, -0.25) is 0 Å². The van der Waals surface area contributed by atoms with Crippen molar-refractivity contribution in [3.8, 4) is 56.4 Å². The highest BCUT2D eigenvalue weighted by molar-refractivity contribution is 6.10. The van der Waals surface area contributed by atoms with Crippen LogP contribution in [0, 0.1) is 0 Å². The van der Waals surface area contributed by atoms with Gasteiger partial charge in [0, 0.05) is 27.5 Å². The minimum absolute atomic E-state index is 0.619. The Morgan fingerprint density at radius 3 is 1.53 bits per heavy atom. The van der Waals surface area contributed by atoms with Gasteiger partial charge in [0.25, 0.3) is 0 Å². The number of fused-ring (bicyclic) bond motifs is 6. The zero-order chi connectivity index (χ0) is 36.3. The van der Waals surface area contributed by atoms with Gasteiger partial charge in [-0.1, -0.05) is 146 Å². The topological polar surface area (TPSA) is 51.8 Å². The Labute approximate surface area is 317 Å². The first-order chi connectivity index (χ1) is 27.2. The molecule has 11 aromatic rings. The van der Waals surface area contributed by atoms with E-state index in [9.17, 15) is 0 Å². The Morgan fingerprint density at radius 1 is 0.273 bits per heavy atom. The summed E-state index contributed by atoms with van der Waals surface area (Å²) in [6, 6.07) is 65.9. The first-order valence-electron chi connectivity index (χ1n) is 18.5. The number of para-hydroxylation sites is 1. The molecule has 0 amide bonds. The van der Waals surface area contributed by atoms with E-state index in [1.165, 1.54) is 22.3 Å². The van der Waals surface area contributed by atoms with Crippen molar-refractivity contribution in [2.45, 2.75) is 0 Å². The third-order valence-corrected chi connectivity index (χ3v) is 10.7. The van der Waals surface area contributed by atoms with Crippen LogP contribution in [0.4, 0.5) is 0 Å². The molecule has 0 radical (unpaired) electrons. The summed E-state index contributed by atoms with van der Waals surface area (Å²) in [5, 5.41) is 8.91. The molecule has 55 heavy (non-hydrogen) atoms. The second-order valence-corrected chi connectivity index (χ2v) is 14.0. The molecule has 0 fully saturated rings. The molecule has 0 unspecified atom stereocenters. The Hall–Kier alpha value is -7.43. The van der Waals surface area contributed by atoms with Gasteiger partial charge in [0.05, 0.1) is 0 Å². The number of benzene rings is 9. The van der Waals surface area contributed by atoms with Crippen LogP contribution in [0.25, 0.3) is 111 Å². The van der Waals surface area contributed by atoms with E-state index < -0.39 is 0 Å². The molecule has 0 aliphatic rings. The SMILES string of the molecule is c1ccc(-c2ccc3ccc(-c4nc(-c5ccc6cc7oc8ccccc8c7cc6c5)nc(-c5ccc(-c6ccccc6)c6ccccc56)n4)cc3c2)cc1. The largest absolute Gasteiger partial charge is 0.456 e. The summed E-state index contributed by atoms with van der Waals surface area (Å²) < 4.78 is 6.21. The van der Waals surface area contributed by atoms with E-state index in [2.05, 4.69) is 170 Å². The van der Waals surface area contributed by atoms with Crippen molar-refractivity contribution in [3.05, 3.63) is 188 Å². The van der Waals surface area contributed by atoms with Gasteiger partial charge in [-0.25, -0.2) is 15.0 Å². The fourth-order valence-electron chi connectivity index (χ4n) is 7.92. The third kappa shape index (κ3) is 5.43. The van der Waals surface area contributed by atoms with Gasteiger partial charge in [-0.2, -0.15) is 0 Å². The fourth-order valence-corrected chi connectivity index (χ4v) is 7.92. The van der Waals surface area contributed by atoms with Crippen LogP contribution in [0.2, 0.25) is 0 Å². The predicted molar refractivity (Wildman–Crippen MR) is 227 cm³/mol. The van der Waals surface area contributed by atoms with Gasteiger partial charge >= 0.3 is 0 Å². The second kappa shape index (κ2) is 12.6. The first kappa shape index (κ1) is 31.1. The Bertz CT molecular complexity index is 3260. The summed E-state index contributed by atoms with van der Waals surface area (Å²) in [5.74, 6) is 1.87. The maximum absolute atomic E-state index is 6.21. The van der Waals surface area contributed by atoms with Crippen LogP contribution < -0.4 is 0 Å². The van der Waals surface area contributed by atoms with E-state index in [0.29, 0.717) is 17.5 Å². The summed E-state index contributed by atoms with van der Waals surface area (Å²) in [4.78, 5) is 15.7. The Morgan fingerprint density at radius 2 is 0.800 bits per heavy atom. The first-order valence-corrected chi connectivity index (χ1v) is 18.5. The summed E-state index contributed by atoms with van der Waals surface area (Å²) in [6.45, 7) is 0. The lowest BCUT2D eigenvalue weighted by atomic mass is 9.94. The highest BCUT2D eigenvalue weighted by Crippen LogP contribution is 2.38. The molecule has 0 N–H and O–H groups in total. The molecular weight excluding hydrogens is 671 g/mol. The predicted octanol–water partition coefficient (Wildman–Crippen LogP) is 13.6. The van der Waals surface area contributed by atoms with Crippen molar-refractivity contribution in [2.75, 3.05) is 0 Å². The van der Waals surface area contributed by atoms with E-state index in [4.69, 9.17) is 19.4 Å². The Balaban J connectivity index is 1.11. The number of hydrogen-bond acceptors (Lipinski definition) is 4. The molecule has 2 aromatic heterocycles. The molecule has 0 saturated heterocycles. The lowest BCUT2D eigenvalue weighted by Gasteiger charge is -2.13. The van der Waals surface area contributed by atoms with Crippen molar-refractivity contribution in [1.82, 2.24) is 15.0 Å². The molecule has 0 aliphatic heterocycles. The van der Waals surface area contributed by atoms with E-state index in [0.717, 1.165) is 70.9 Å². The van der Waals surface area contributed by atoms with Gasteiger partial charge in [-0.05, 0) is 97.0 Å². The molecule has 0 spiro atoms. The fraction of sp³-hybridized carbons (Fsp3) is 0. The Kier molecular flexibility index (Phi) is 7.14. The molecule has 4 nitrogen and oxygen atoms in total. The van der Waals surface area contributed by atoms with Crippen LogP contribution in [0.15, 0.2) is 192 Å². The van der Waals surface area contributed by atoms with Crippen molar-refractivity contribution >= 4 is 54.3 Å². The number of hydrogen-bond donors (Lipinski definition) is 0. The normalized spacial score (nSPS) is 11.6. The minimum Gasteiger partial charge on any atom is -0.456 e. The number of aromatic nitrogens is 3. The molecule has 4 heteroatoms. The summed E-state index contributed by atoms with van der Waals surface area (Å²) >= 11 is 0. The van der Waals surface area contributed by atoms with Gasteiger partial charge in [0.15, 0.2) is 17.5 Å². The van der Waals surface area contributed by atoms with Crippen LogP contribution in [0.1, 0.15) is 0 Å². The summed E-state index contributed by atoms with van der Waals surface area (Å²) in [5.41, 5.74) is 9.27. The highest BCUT2D eigenvalue weighted by Gasteiger charge is 2.17. The molecule has 0 aliphatic carbocycles. The number of rotatable bonds is 5. The molecule has 9 aromatic carbocycles. The van der Waals surface area contributed by atoms with E-state index in [-0.39, 0.29) is 0 Å². The van der Waals surface area contributed by atoms with Gasteiger partial charge in [0.2, 0.25) is 0 Å². The third-order valence-electron chi connectivity index (χ3n) is 10.7. The van der Waals surface area contributed by atoms with E-state index in [1.807, 2.05) is 18.2 Å². The lowest BCUT2D eigenvalue weighted by molar-refractivity contribution is 0.669. The zero-order valence-electron chi connectivity index (χ0n) is 29.6. The number of nitrogens with zero attached hydrogens (tertiary/aromatic N) is 3. The minimum atomic E-state index is 0.619. The average molecular weight is 702 g/mol. The lowest BCUT2D eigenvalue weighted by Crippen LogP contribution is -2.01. The second-order valence-electron chi connectivity index (χ2n) is 14.0. The standard InChI is InChI=1S/C51H31N3O/c1-3-11-32(12-4-1)35-21-19-33-20-23-37(28-39(33)27-35)49-52-50(38-24-22-36-31-48-46(30-40(36)29-38)44-17-9-10-18-47(44)55-48)54-51(53-49)45-26-25-41(34-13-5-2-6-14-34)42-15-7-8-16-43(42)45/h1-31H. The smallest absolute Gasteiger partial charge is 0.164 e. The molecule has 0 bridgehead atoms. The van der Waals surface area contributed by atoms with Crippen LogP contribution in [-0.4, -0.2) is 15.0 Å². The average Bonchev–Trinajstić information content (AvgIpc) is 3.62. The molecule has 2 heterocycles. The summed E-state index contributed by atoms with van der Waals surface area (Å²) in [6.07, 6.45) is 0. The molecule has 11 rings (SSSR count). The van der Waals surface area contributed by atoms with Crippen LogP contribution in [-0.2, 0) is 0 Å². The maximum Gasteiger partial charge on any atom is 0.164 e. The van der Waals surface area contributed by atoms with Crippen molar-refractivity contribution in [1.29, 1.82) is 0 Å². The molecular formula is C51H31N3O. The van der Waals surface area contributed by atoms with Crippen molar-refractivity contribution in [3.63, 3.8) is 0 Å². The van der Waals surface area contributed by atoms with Crippen LogP contribution >= 0.6 is 0 Å². The van der Waals surface area contributed by atoms with Crippen LogP contribution in [0.5, 0.6) is 0 Å². The van der Waals surface area contributed by atoms with Crippen LogP contribution in [0.3, 0.4) is 0 Å². The molecule has 256 valence electrons. The highest BCUT2D eigenvalue weighted by atomic mass is 16.3. The monoisotopic (exact) mass is 701 g/mol. The molecule has 0 saturated carbocycles. The summed E-state index contributed by atoms with van der Waals surface area (Å²) in [7, 11) is 0. The van der Waals surface area contributed by atoms with Gasteiger partial charge in [0.1, 0.15) is 11.2 Å². The van der Waals surface area contributed by atoms with Gasteiger partial charge in [-0.15, -0.1) is 0 Å². The maximum atomic E-state index is 6.21. The van der Waals surface area contributed by atoms with E-state index >= 15 is 0 Å². The van der Waals surface area contributed by atoms with Crippen molar-refractivity contribution < 1.29 is 4.42 Å². The number of furan rings is 1. The molecule has 0 atom stereocenters. The van der Waals surface area contributed by atoms with Crippen molar-refractivity contribution in [2.24, 2.45) is 0 Å². The van der Waals surface area contributed by atoms with E-state index in [1.54, 1.807) is 0 Å².